The Labute approximate surface area is 155 Å². The minimum atomic E-state index is -3.93. The molecule has 0 aliphatic carbocycles. The Morgan fingerprint density at radius 3 is 2.38 bits per heavy atom. The number of hydrogen-bond acceptors (Lipinski definition) is 5. The van der Waals surface area contributed by atoms with Gasteiger partial charge in [0.05, 0.1) is 16.9 Å². The predicted molar refractivity (Wildman–Crippen MR) is 101 cm³/mol. The van der Waals surface area contributed by atoms with Crippen LogP contribution in [0.1, 0.15) is 26.6 Å². The summed E-state index contributed by atoms with van der Waals surface area (Å²) in [5.74, 6) is -0.0230. The van der Waals surface area contributed by atoms with Gasteiger partial charge in [0.25, 0.3) is 10.0 Å². The number of halogens is 1. The number of aromatic nitrogens is 1. The van der Waals surface area contributed by atoms with Crippen molar-refractivity contribution >= 4 is 27.0 Å². The van der Waals surface area contributed by atoms with Crippen LogP contribution in [0.15, 0.2) is 27.6 Å². The molecule has 5 nitrogen and oxygen atoms in total. The minimum absolute atomic E-state index is 0.139. The fourth-order valence-electron chi connectivity index (χ4n) is 2.76. The zero-order valence-corrected chi connectivity index (χ0v) is 16.7. The molecule has 1 aromatic carbocycles. The van der Waals surface area contributed by atoms with Crippen LogP contribution in [0.2, 0.25) is 0 Å². The molecule has 0 saturated carbocycles. The van der Waals surface area contributed by atoms with E-state index in [2.05, 4.69) is 9.88 Å². The van der Waals surface area contributed by atoms with E-state index in [-0.39, 0.29) is 10.6 Å². The number of thiophene rings is 1. The van der Waals surface area contributed by atoms with E-state index in [1.165, 1.54) is 29.5 Å². The number of rotatable bonds is 4. The second-order valence-corrected chi connectivity index (χ2v) is 9.26. The molecule has 26 heavy (non-hydrogen) atoms. The Hall–Kier alpha value is -2.19. The number of nitrogens with one attached hydrogen (secondary N) is 1. The highest BCUT2D eigenvalue weighted by molar-refractivity contribution is 7.93. The molecule has 3 aromatic rings. The Morgan fingerprint density at radius 2 is 1.81 bits per heavy atom. The third-order valence-electron chi connectivity index (χ3n) is 4.28. The van der Waals surface area contributed by atoms with E-state index in [4.69, 9.17) is 4.52 Å². The zero-order valence-electron chi connectivity index (χ0n) is 15.1. The Kier molecular flexibility index (Phi) is 4.66. The molecule has 1 N–H and O–H groups in total. The molecule has 0 spiro atoms. The Bertz CT molecular complexity index is 1100. The molecule has 8 heteroatoms. The second-order valence-electron chi connectivity index (χ2n) is 6.21. The smallest absolute Gasteiger partial charge is 0.263 e. The summed E-state index contributed by atoms with van der Waals surface area (Å²) in [6.07, 6.45) is 0. The SMILES string of the molecule is Cc1ccc(NS(=O)(=O)c2c(C)sc(C)c2-c2onc(C)c2C)cc1F. The quantitative estimate of drug-likeness (QED) is 0.684. The average Bonchev–Trinajstić information content (AvgIpc) is 3.02. The van der Waals surface area contributed by atoms with Crippen LogP contribution < -0.4 is 4.72 Å². The molecule has 2 heterocycles. The summed E-state index contributed by atoms with van der Waals surface area (Å²) < 4.78 is 47.8. The zero-order chi connectivity index (χ0) is 19.2. The molecule has 138 valence electrons. The highest BCUT2D eigenvalue weighted by atomic mass is 32.2. The summed E-state index contributed by atoms with van der Waals surface area (Å²) in [4.78, 5) is 1.59. The lowest BCUT2D eigenvalue weighted by molar-refractivity contribution is 0.426. The highest BCUT2D eigenvalue weighted by Crippen LogP contribution is 2.41. The van der Waals surface area contributed by atoms with Gasteiger partial charge in [-0.3, -0.25) is 4.72 Å². The molecule has 3 rings (SSSR count). The van der Waals surface area contributed by atoms with Gasteiger partial charge < -0.3 is 4.52 Å². The maximum absolute atomic E-state index is 13.8. The van der Waals surface area contributed by atoms with E-state index < -0.39 is 15.8 Å². The first kappa shape index (κ1) is 18.6. The van der Waals surface area contributed by atoms with E-state index in [1.807, 2.05) is 13.8 Å². The fraction of sp³-hybridized carbons (Fsp3) is 0.278. The molecule has 2 aromatic heterocycles. The van der Waals surface area contributed by atoms with E-state index in [1.54, 1.807) is 20.8 Å². The van der Waals surface area contributed by atoms with Gasteiger partial charge in [-0.1, -0.05) is 11.2 Å². The van der Waals surface area contributed by atoms with E-state index >= 15 is 0 Å². The number of nitrogens with zero attached hydrogens (tertiary/aromatic N) is 1. The first-order valence-electron chi connectivity index (χ1n) is 7.94. The van der Waals surface area contributed by atoms with Crippen LogP contribution in [0.4, 0.5) is 10.1 Å². The third kappa shape index (κ3) is 3.14. The molecule has 0 atom stereocenters. The second kappa shape index (κ2) is 6.51. The Morgan fingerprint density at radius 1 is 1.12 bits per heavy atom. The van der Waals surface area contributed by atoms with Crippen molar-refractivity contribution in [1.82, 2.24) is 5.16 Å². The first-order valence-corrected chi connectivity index (χ1v) is 10.2. The number of sulfonamides is 1. The summed E-state index contributed by atoms with van der Waals surface area (Å²) in [5.41, 5.74) is 2.63. The summed E-state index contributed by atoms with van der Waals surface area (Å²) in [5, 5.41) is 3.94. The standard InChI is InChI=1S/C18H19FN2O3S2/c1-9-6-7-14(8-15(9)19)21-26(22,23)18-13(5)25-12(4)16(18)17-10(2)11(3)20-24-17/h6-8,21H,1-5H3. The molecular formula is C18H19FN2O3S2. The molecule has 0 saturated heterocycles. The lowest BCUT2D eigenvalue weighted by atomic mass is 10.1. The average molecular weight is 394 g/mol. The monoisotopic (exact) mass is 394 g/mol. The van der Waals surface area contributed by atoms with Crippen molar-refractivity contribution in [3.63, 3.8) is 0 Å². The molecule has 0 amide bonds. The van der Waals surface area contributed by atoms with Crippen LogP contribution in [0.5, 0.6) is 0 Å². The van der Waals surface area contributed by atoms with Gasteiger partial charge in [-0.05, 0) is 52.3 Å². The molecule has 0 fully saturated rings. The van der Waals surface area contributed by atoms with Crippen molar-refractivity contribution in [3.05, 3.63) is 50.6 Å². The van der Waals surface area contributed by atoms with E-state index in [0.717, 1.165) is 10.4 Å². The lowest BCUT2D eigenvalue weighted by Crippen LogP contribution is -2.14. The van der Waals surface area contributed by atoms with Gasteiger partial charge >= 0.3 is 0 Å². The van der Waals surface area contributed by atoms with Gasteiger partial charge in [-0.15, -0.1) is 11.3 Å². The summed E-state index contributed by atoms with van der Waals surface area (Å²) in [7, 11) is -3.93. The topological polar surface area (TPSA) is 72.2 Å². The molecule has 0 aliphatic rings. The van der Waals surface area contributed by atoms with Crippen LogP contribution in [0, 0.1) is 40.4 Å². The molecular weight excluding hydrogens is 375 g/mol. The van der Waals surface area contributed by atoms with E-state index in [0.29, 0.717) is 27.5 Å². The number of aryl methyl sites for hydroxylation is 4. The van der Waals surface area contributed by atoms with Crippen LogP contribution >= 0.6 is 11.3 Å². The van der Waals surface area contributed by atoms with Crippen LogP contribution in [-0.2, 0) is 10.0 Å². The third-order valence-corrected chi connectivity index (χ3v) is 6.98. The van der Waals surface area contributed by atoms with Crippen molar-refractivity contribution < 1.29 is 17.3 Å². The van der Waals surface area contributed by atoms with Gasteiger partial charge in [0.15, 0.2) is 5.76 Å². The van der Waals surface area contributed by atoms with Crippen molar-refractivity contribution in [2.75, 3.05) is 4.72 Å². The number of benzene rings is 1. The highest BCUT2D eigenvalue weighted by Gasteiger charge is 2.29. The summed E-state index contributed by atoms with van der Waals surface area (Å²) in [6.45, 7) is 8.84. The molecule has 0 bridgehead atoms. The Balaban J connectivity index is 2.13. The largest absolute Gasteiger partial charge is 0.356 e. The van der Waals surface area contributed by atoms with Crippen LogP contribution in [0.25, 0.3) is 11.3 Å². The minimum Gasteiger partial charge on any atom is -0.356 e. The van der Waals surface area contributed by atoms with Crippen molar-refractivity contribution in [2.24, 2.45) is 0 Å². The van der Waals surface area contributed by atoms with Crippen molar-refractivity contribution in [1.29, 1.82) is 0 Å². The van der Waals surface area contributed by atoms with Crippen LogP contribution in [-0.4, -0.2) is 13.6 Å². The molecule has 0 radical (unpaired) electrons. The van der Waals surface area contributed by atoms with Crippen molar-refractivity contribution in [3.8, 4) is 11.3 Å². The fourth-order valence-corrected chi connectivity index (χ4v) is 5.66. The number of anilines is 1. The number of hydrogen-bond donors (Lipinski definition) is 1. The van der Waals surface area contributed by atoms with Gasteiger partial charge in [0.1, 0.15) is 10.7 Å². The maximum Gasteiger partial charge on any atom is 0.263 e. The first-order chi connectivity index (χ1) is 12.1. The maximum atomic E-state index is 13.8. The van der Waals surface area contributed by atoms with Crippen molar-refractivity contribution in [2.45, 2.75) is 39.5 Å². The van der Waals surface area contributed by atoms with E-state index in [9.17, 15) is 12.8 Å². The van der Waals surface area contributed by atoms with Gasteiger partial charge in [-0.25, -0.2) is 12.8 Å². The van der Waals surface area contributed by atoms with Gasteiger partial charge in [0.2, 0.25) is 0 Å². The predicted octanol–water partition coefficient (Wildman–Crippen LogP) is 4.89. The molecule has 0 aliphatic heterocycles. The summed E-state index contributed by atoms with van der Waals surface area (Å²) in [6, 6.07) is 4.24. The molecule has 0 unspecified atom stereocenters. The summed E-state index contributed by atoms with van der Waals surface area (Å²) >= 11 is 1.37. The lowest BCUT2D eigenvalue weighted by Gasteiger charge is -2.11. The normalized spacial score (nSPS) is 11.8. The van der Waals surface area contributed by atoms with Crippen LogP contribution in [0.3, 0.4) is 0 Å². The van der Waals surface area contributed by atoms with Gasteiger partial charge in [0, 0.05) is 15.3 Å². The van der Waals surface area contributed by atoms with Gasteiger partial charge in [-0.2, -0.15) is 0 Å².